The molecular weight excluding hydrogens is 344 g/mol. The summed E-state index contributed by atoms with van der Waals surface area (Å²) in [6.45, 7) is 0.305. The summed E-state index contributed by atoms with van der Waals surface area (Å²) in [5, 5.41) is 2.74. The summed E-state index contributed by atoms with van der Waals surface area (Å²) in [5.74, 6) is -0.289. The van der Waals surface area contributed by atoms with Crippen molar-refractivity contribution in [1.82, 2.24) is 14.6 Å². The van der Waals surface area contributed by atoms with E-state index in [1.165, 1.54) is 36.1 Å². The summed E-state index contributed by atoms with van der Waals surface area (Å²) in [6, 6.07) is 1.23. The highest BCUT2D eigenvalue weighted by Gasteiger charge is 2.20. The number of nitrogens with zero attached hydrogens (tertiary/aromatic N) is 1. The molecular formula is C16H26N4O4S. The topological polar surface area (TPSA) is 123 Å². The highest BCUT2D eigenvalue weighted by Crippen LogP contribution is 2.25. The van der Waals surface area contributed by atoms with E-state index >= 15 is 0 Å². The number of nitrogens with two attached hydrogens (primary N) is 1. The zero-order valence-electron chi connectivity index (χ0n) is 14.5. The fraction of sp³-hybridized carbons (Fsp3) is 0.625. The summed E-state index contributed by atoms with van der Waals surface area (Å²) < 4.78 is 28.2. The summed E-state index contributed by atoms with van der Waals surface area (Å²) in [6.07, 6.45) is 7.63. The molecule has 0 unspecified atom stereocenters. The van der Waals surface area contributed by atoms with Crippen molar-refractivity contribution in [3.63, 3.8) is 0 Å². The fourth-order valence-corrected chi connectivity index (χ4v) is 4.22. The third-order valence-electron chi connectivity index (χ3n) is 4.48. The predicted molar refractivity (Wildman–Crippen MR) is 93.3 cm³/mol. The minimum absolute atomic E-state index is 0.0302. The van der Waals surface area contributed by atoms with Gasteiger partial charge >= 0.3 is 0 Å². The number of aromatic nitrogens is 1. The molecule has 1 aromatic heterocycles. The molecule has 0 atom stereocenters. The Morgan fingerprint density at radius 2 is 1.92 bits per heavy atom. The maximum Gasteiger partial charge on any atom is 0.265 e. The van der Waals surface area contributed by atoms with Crippen LogP contribution in [-0.2, 0) is 21.9 Å². The van der Waals surface area contributed by atoms with Gasteiger partial charge in [0.15, 0.2) is 0 Å². The number of carbonyl (C=O) groups is 2. The van der Waals surface area contributed by atoms with Crippen molar-refractivity contribution in [3.8, 4) is 0 Å². The van der Waals surface area contributed by atoms with Gasteiger partial charge in [0.1, 0.15) is 10.6 Å². The van der Waals surface area contributed by atoms with E-state index < -0.39 is 15.9 Å². The van der Waals surface area contributed by atoms with Gasteiger partial charge < -0.3 is 15.6 Å². The molecule has 0 aromatic carbocycles. The summed E-state index contributed by atoms with van der Waals surface area (Å²) in [4.78, 5) is 23.1. The van der Waals surface area contributed by atoms with Crippen LogP contribution in [0.2, 0.25) is 0 Å². The van der Waals surface area contributed by atoms with Crippen molar-refractivity contribution in [1.29, 1.82) is 0 Å². The Kier molecular flexibility index (Phi) is 6.60. The highest BCUT2D eigenvalue weighted by molar-refractivity contribution is 7.89. The van der Waals surface area contributed by atoms with Crippen molar-refractivity contribution in [2.24, 2.45) is 18.7 Å². The van der Waals surface area contributed by atoms with Crippen molar-refractivity contribution >= 4 is 21.8 Å². The predicted octanol–water partition coefficient (Wildman–Crippen LogP) is 0.489. The number of hydrogen-bond donors (Lipinski definition) is 3. The van der Waals surface area contributed by atoms with Crippen molar-refractivity contribution in [2.75, 3.05) is 13.1 Å². The van der Waals surface area contributed by atoms with Crippen LogP contribution >= 0.6 is 0 Å². The lowest BCUT2D eigenvalue weighted by atomic mass is 9.87. The molecule has 1 heterocycles. The highest BCUT2D eigenvalue weighted by atomic mass is 32.2. The van der Waals surface area contributed by atoms with Crippen molar-refractivity contribution in [3.05, 3.63) is 18.0 Å². The SMILES string of the molecule is Cn1cc(S(=O)(=O)NCCNC(=O)CC2CCCCC2)cc1C(N)=O. The van der Waals surface area contributed by atoms with Crippen LogP contribution in [0.5, 0.6) is 0 Å². The Morgan fingerprint density at radius 1 is 1.24 bits per heavy atom. The first-order chi connectivity index (χ1) is 11.8. The van der Waals surface area contributed by atoms with Gasteiger partial charge in [0.05, 0.1) is 0 Å². The molecule has 4 N–H and O–H groups in total. The maximum atomic E-state index is 12.2. The summed E-state index contributed by atoms with van der Waals surface area (Å²) in [7, 11) is -2.20. The second-order valence-corrected chi connectivity index (χ2v) is 8.26. The Morgan fingerprint density at radius 3 is 2.52 bits per heavy atom. The van der Waals surface area contributed by atoms with Gasteiger partial charge in [-0.1, -0.05) is 19.3 Å². The van der Waals surface area contributed by atoms with E-state index in [9.17, 15) is 18.0 Å². The molecule has 0 aliphatic heterocycles. The second-order valence-electron chi connectivity index (χ2n) is 6.49. The first-order valence-corrected chi connectivity index (χ1v) is 10.0. The molecule has 25 heavy (non-hydrogen) atoms. The van der Waals surface area contributed by atoms with E-state index in [2.05, 4.69) is 10.0 Å². The summed E-state index contributed by atoms with van der Waals surface area (Å²) in [5.41, 5.74) is 5.29. The van der Waals surface area contributed by atoms with Gasteiger partial charge in [-0.3, -0.25) is 9.59 Å². The number of nitrogens with one attached hydrogen (secondary N) is 2. The molecule has 140 valence electrons. The third-order valence-corrected chi connectivity index (χ3v) is 5.91. The van der Waals surface area contributed by atoms with Crippen LogP contribution < -0.4 is 15.8 Å². The van der Waals surface area contributed by atoms with Crippen LogP contribution in [0.4, 0.5) is 0 Å². The minimum Gasteiger partial charge on any atom is -0.364 e. The van der Waals surface area contributed by atoms with E-state index in [1.807, 2.05) is 0 Å². The van der Waals surface area contributed by atoms with Crippen molar-refractivity contribution < 1.29 is 18.0 Å². The van der Waals surface area contributed by atoms with Crippen LogP contribution in [0.15, 0.2) is 17.2 Å². The molecule has 0 spiro atoms. The van der Waals surface area contributed by atoms with E-state index in [0.717, 1.165) is 12.8 Å². The number of rotatable bonds is 8. The fourth-order valence-electron chi connectivity index (χ4n) is 3.12. The number of amides is 2. The Hall–Kier alpha value is -1.87. The molecule has 1 aliphatic carbocycles. The van der Waals surface area contributed by atoms with Gasteiger partial charge in [0.2, 0.25) is 15.9 Å². The number of aryl methyl sites for hydroxylation is 1. The number of hydrogen-bond acceptors (Lipinski definition) is 4. The average molecular weight is 370 g/mol. The minimum atomic E-state index is -3.75. The third kappa shape index (κ3) is 5.57. The molecule has 9 heteroatoms. The maximum absolute atomic E-state index is 12.2. The van der Waals surface area contributed by atoms with E-state index in [4.69, 9.17) is 5.73 Å². The molecule has 1 saturated carbocycles. The van der Waals surface area contributed by atoms with E-state index in [0.29, 0.717) is 12.3 Å². The number of carbonyl (C=O) groups excluding carboxylic acids is 2. The van der Waals surface area contributed by atoms with Gasteiger partial charge in [-0.05, 0) is 24.8 Å². The zero-order chi connectivity index (χ0) is 18.4. The monoisotopic (exact) mass is 370 g/mol. The lowest BCUT2D eigenvalue weighted by Crippen LogP contribution is -2.35. The largest absolute Gasteiger partial charge is 0.364 e. The van der Waals surface area contributed by atoms with Crippen molar-refractivity contribution in [2.45, 2.75) is 43.4 Å². The van der Waals surface area contributed by atoms with Crippen LogP contribution in [0.3, 0.4) is 0 Å². The average Bonchev–Trinajstić information content (AvgIpc) is 2.96. The first-order valence-electron chi connectivity index (χ1n) is 8.52. The zero-order valence-corrected chi connectivity index (χ0v) is 15.3. The molecule has 1 aromatic rings. The first kappa shape index (κ1) is 19.5. The summed E-state index contributed by atoms with van der Waals surface area (Å²) >= 11 is 0. The van der Waals surface area contributed by atoms with Crippen LogP contribution in [0, 0.1) is 5.92 Å². The van der Waals surface area contributed by atoms with Crippen LogP contribution in [0.25, 0.3) is 0 Å². The Balaban J connectivity index is 1.77. The van der Waals surface area contributed by atoms with Gasteiger partial charge in [-0.2, -0.15) is 0 Å². The lowest BCUT2D eigenvalue weighted by molar-refractivity contribution is -0.122. The smallest absolute Gasteiger partial charge is 0.265 e. The van der Waals surface area contributed by atoms with E-state index in [1.54, 1.807) is 7.05 Å². The molecule has 1 fully saturated rings. The van der Waals surface area contributed by atoms with Gasteiger partial charge in [-0.25, -0.2) is 13.1 Å². The van der Waals surface area contributed by atoms with Gasteiger partial charge in [0.25, 0.3) is 5.91 Å². The quantitative estimate of drug-likeness (QED) is 0.576. The molecule has 2 amide bonds. The second kappa shape index (κ2) is 8.48. The lowest BCUT2D eigenvalue weighted by Gasteiger charge is -2.20. The molecule has 8 nitrogen and oxygen atoms in total. The van der Waals surface area contributed by atoms with Gasteiger partial charge in [0, 0.05) is 32.8 Å². The molecule has 0 saturated heterocycles. The van der Waals surface area contributed by atoms with Gasteiger partial charge in [-0.15, -0.1) is 0 Å². The standard InChI is InChI=1S/C16H26N4O4S/c1-20-11-13(10-14(20)16(17)22)25(23,24)19-8-7-18-15(21)9-12-5-3-2-4-6-12/h10-12,19H,2-9H2,1H3,(H2,17,22)(H,18,21). The number of sulfonamides is 1. The van der Waals surface area contributed by atoms with E-state index in [-0.39, 0.29) is 29.6 Å². The Bertz CT molecular complexity index is 720. The normalized spacial score (nSPS) is 15.9. The van der Waals surface area contributed by atoms with Crippen LogP contribution in [-0.4, -0.2) is 37.9 Å². The number of primary amides is 1. The molecule has 1 aliphatic rings. The molecule has 2 rings (SSSR count). The molecule has 0 bridgehead atoms. The Labute approximate surface area is 148 Å². The van der Waals surface area contributed by atoms with Crippen LogP contribution in [0.1, 0.15) is 49.0 Å². The molecule has 0 radical (unpaired) electrons.